The van der Waals surface area contributed by atoms with E-state index in [1.165, 1.54) is 39.0 Å². The number of Topliss-reactive ketones (excluding diaryl/α,β-unsaturated/α-hetero) is 1. The zero-order valence-corrected chi connectivity index (χ0v) is 40.4. The van der Waals surface area contributed by atoms with Gasteiger partial charge in [0.2, 0.25) is 29.5 Å². The molecule has 0 aromatic carbocycles. The summed E-state index contributed by atoms with van der Waals surface area (Å²) in [5.41, 5.74) is 0. The van der Waals surface area contributed by atoms with Crippen molar-refractivity contribution in [2.45, 2.75) is 166 Å². The monoisotopic (exact) mass is 990 g/mol. The SMILES string of the molecule is CC(=O)CC[C@H](NC(=O)CC[C@H](NC(=O)COCCOCCNC(=O)COCCOCCNC(=O)CC[C@H](NC(=O)CCCCCCCCCCCCCCCCC(=O)O)C(=O)O)C(=O)O)C(=O)O. The molecule has 0 aliphatic rings. The van der Waals surface area contributed by atoms with E-state index in [4.69, 9.17) is 24.1 Å². The minimum atomic E-state index is -1.44. The van der Waals surface area contributed by atoms with Crippen molar-refractivity contribution in [2.24, 2.45) is 0 Å². The van der Waals surface area contributed by atoms with Crippen molar-refractivity contribution in [1.29, 1.82) is 0 Å². The van der Waals surface area contributed by atoms with E-state index in [9.17, 15) is 63.3 Å². The van der Waals surface area contributed by atoms with Gasteiger partial charge in [0.05, 0.1) is 39.6 Å². The van der Waals surface area contributed by atoms with Gasteiger partial charge in [-0.1, -0.05) is 77.0 Å². The van der Waals surface area contributed by atoms with E-state index in [0.717, 1.165) is 51.4 Å². The second-order valence-corrected chi connectivity index (χ2v) is 16.6. The van der Waals surface area contributed by atoms with Gasteiger partial charge in [-0.2, -0.15) is 0 Å². The van der Waals surface area contributed by atoms with E-state index < -0.39 is 72.8 Å². The number of carboxylic acids is 4. The highest BCUT2D eigenvalue weighted by molar-refractivity contribution is 5.87. The molecule has 0 aromatic heterocycles. The summed E-state index contributed by atoms with van der Waals surface area (Å²) in [5, 5.41) is 49.0. The highest BCUT2D eigenvalue weighted by atomic mass is 16.5. The van der Waals surface area contributed by atoms with E-state index in [0.29, 0.717) is 6.42 Å². The van der Waals surface area contributed by atoms with Crippen molar-refractivity contribution < 1.29 is 87.3 Å². The third-order valence-corrected chi connectivity index (χ3v) is 10.4. The lowest BCUT2D eigenvalue weighted by Gasteiger charge is -2.16. The van der Waals surface area contributed by atoms with Crippen molar-refractivity contribution in [1.82, 2.24) is 26.6 Å². The van der Waals surface area contributed by atoms with Gasteiger partial charge in [-0.3, -0.25) is 28.8 Å². The van der Waals surface area contributed by atoms with Crippen LogP contribution in [0.4, 0.5) is 0 Å². The molecule has 0 fully saturated rings. The van der Waals surface area contributed by atoms with E-state index in [2.05, 4.69) is 26.6 Å². The van der Waals surface area contributed by atoms with Crippen LogP contribution in [0.25, 0.3) is 0 Å². The van der Waals surface area contributed by atoms with Crippen LogP contribution in [0.1, 0.15) is 148 Å². The summed E-state index contributed by atoms with van der Waals surface area (Å²) in [6.07, 6.45) is 14.3. The molecule has 0 spiro atoms. The van der Waals surface area contributed by atoms with E-state index in [1.807, 2.05) is 0 Å². The number of rotatable bonds is 48. The van der Waals surface area contributed by atoms with E-state index >= 15 is 0 Å². The third-order valence-electron chi connectivity index (χ3n) is 10.4. The largest absolute Gasteiger partial charge is 0.481 e. The molecular formula is C46H79N5O18. The van der Waals surface area contributed by atoms with Gasteiger partial charge in [0.1, 0.15) is 37.1 Å². The average Bonchev–Trinajstić information content (AvgIpc) is 3.28. The molecule has 0 saturated heterocycles. The number of amides is 5. The van der Waals surface area contributed by atoms with Crippen LogP contribution in [-0.2, 0) is 66.9 Å². The molecule has 0 saturated carbocycles. The number of ketones is 1. The maximum atomic E-state index is 12.3. The van der Waals surface area contributed by atoms with Gasteiger partial charge in [0, 0.05) is 45.2 Å². The molecule has 0 heterocycles. The second kappa shape index (κ2) is 42.8. The second-order valence-electron chi connectivity index (χ2n) is 16.6. The molecule has 3 atom stereocenters. The maximum Gasteiger partial charge on any atom is 0.326 e. The Bertz CT molecular complexity index is 1530. The Morgan fingerprint density at radius 2 is 0.696 bits per heavy atom. The fourth-order valence-corrected chi connectivity index (χ4v) is 6.56. The maximum absolute atomic E-state index is 12.3. The number of hydrogen-bond acceptors (Lipinski definition) is 14. The van der Waals surface area contributed by atoms with Crippen LogP contribution in [0.5, 0.6) is 0 Å². The van der Waals surface area contributed by atoms with Crippen LogP contribution < -0.4 is 26.6 Å². The summed E-state index contributed by atoms with van der Waals surface area (Å²) < 4.78 is 21.1. The molecular weight excluding hydrogens is 911 g/mol. The normalized spacial score (nSPS) is 12.2. The lowest BCUT2D eigenvalue weighted by atomic mass is 10.0. The summed E-state index contributed by atoms with van der Waals surface area (Å²) in [5.74, 6) is -7.60. The van der Waals surface area contributed by atoms with E-state index in [1.54, 1.807) is 0 Å². The first-order valence-corrected chi connectivity index (χ1v) is 24.1. The molecule has 9 N–H and O–H groups in total. The Kier molecular flexibility index (Phi) is 39.5. The zero-order chi connectivity index (χ0) is 51.5. The van der Waals surface area contributed by atoms with Crippen LogP contribution in [0.2, 0.25) is 0 Å². The predicted octanol–water partition coefficient (Wildman–Crippen LogP) is 2.25. The lowest BCUT2D eigenvalue weighted by Crippen LogP contribution is -2.45. The standard InChI is InChI=1S/C46H79N5O18/c1-34(52)18-19-35(44(60)61)50-40(55)23-21-37(46(64)65)51-42(57)33-69-31-29-67-27-25-48-41(56)32-68-30-28-66-26-24-47-38(53)22-20-36(45(62)63)49-39(54)16-14-12-10-8-6-4-2-3-5-7-9-11-13-15-17-43(58)59/h35-37H,2-33H2,1H3,(H,47,53)(H,48,56)(H,49,54)(H,50,55)(H,51,57)(H,58,59)(H,60,61)(H,62,63)(H,64,65)/t35-,36-,37-/m0/s1. The number of carboxylic acid groups (broad SMARTS) is 4. The van der Waals surface area contributed by atoms with Crippen LogP contribution in [0, 0.1) is 0 Å². The van der Waals surface area contributed by atoms with Gasteiger partial charge < -0.3 is 70.8 Å². The Balaban J connectivity index is 3.85. The third kappa shape index (κ3) is 41.4. The fourth-order valence-electron chi connectivity index (χ4n) is 6.56. The van der Waals surface area contributed by atoms with Crippen molar-refractivity contribution in [3.8, 4) is 0 Å². The Hall–Kier alpha value is -5.26. The predicted molar refractivity (Wildman–Crippen MR) is 248 cm³/mol. The van der Waals surface area contributed by atoms with Gasteiger partial charge in [0.25, 0.3) is 0 Å². The van der Waals surface area contributed by atoms with Crippen molar-refractivity contribution in [3.05, 3.63) is 0 Å². The van der Waals surface area contributed by atoms with Crippen molar-refractivity contribution >= 4 is 59.2 Å². The number of carbonyl (C=O) groups excluding carboxylic acids is 6. The molecule has 0 unspecified atom stereocenters. The van der Waals surface area contributed by atoms with Crippen LogP contribution in [-0.4, -0.2) is 164 Å². The first-order chi connectivity index (χ1) is 33.0. The summed E-state index contributed by atoms with van der Waals surface area (Å²) in [6, 6.07) is -3.92. The minimum absolute atomic E-state index is 0.0246. The molecule has 0 radical (unpaired) electrons. The molecule has 0 bridgehead atoms. The first-order valence-electron chi connectivity index (χ1n) is 24.1. The molecule has 23 heteroatoms. The van der Waals surface area contributed by atoms with Crippen molar-refractivity contribution in [3.63, 3.8) is 0 Å². The molecule has 0 rings (SSSR count). The molecule has 0 aliphatic heterocycles. The van der Waals surface area contributed by atoms with Crippen molar-refractivity contribution in [2.75, 3.05) is 65.9 Å². The topological polar surface area (TPSA) is 349 Å². The number of aliphatic carboxylic acids is 4. The number of ether oxygens (including phenoxy) is 4. The van der Waals surface area contributed by atoms with Gasteiger partial charge in [0.15, 0.2) is 0 Å². The molecule has 0 aromatic rings. The Morgan fingerprint density at radius 3 is 1.12 bits per heavy atom. The Morgan fingerprint density at radius 1 is 0.362 bits per heavy atom. The number of nitrogens with one attached hydrogen (secondary N) is 5. The van der Waals surface area contributed by atoms with E-state index in [-0.39, 0.29) is 122 Å². The number of carbonyl (C=O) groups is 10. The van der Waals surface area contributed by atoms with Gasteiger partial charge in [-0.15, -0.1) is 0 Å². The lowest BCUT2D eigenvalue weighted by molar-refractivity contribution is -0.144. The molecule has 0 aliphatic carbocycles. The average molecular weight is 990 g/mol. The first kappa shape index (κ1) is 63.7. The number of unbranched alkanes of at least 4 members (excludes halogenated alkanes) is 13. The summed E-state index contributed by atoms with van der Waals surface area (Å²) >= 11 is 0. The molecule has 5 amide bonds. The summed E-state index contributed by atoms with van der Waals surface area (Å²) in [7, 11) is 0. The highest BCUT2D eigenvalue weighted by Gasteiger charge is 2.25. The van der Waals surface area contributed by atoms with Gasteiger partial charge in [-0.25, -0.2) is 14.4 Å². The van der Waals surface area contributed by atoms with Crippen LogP contribution >= 0.6 is 0 Å². The zero-order valence-electron chi connectivity index (χ0n) is 40.4. The highest BCUT2D eigenvalue weighted by Crippen LogP contribution is 2.14. The summed E-state index contributed by atoms with van der Waals surface area (Å²) in [4.78, 5) is 117. The molecule has 23 nitrogen and oxygen atoms in total. The fraction of sp³-hybridized carbons (Fsp3) is 0.783. The van der Waals surface area contributed by atoms with Gasteiger partial charge >= 0.3 is 23.9 Å². The number of hydrogen-bond donors (Lipinski definition) is 9. The van der Waals surface area contributed by atoms with Crippen LogP contribution in [0.15, 0.2) is 0 Å². The Labute approximate surface area is 404 Å². The van der Waals surface area contributed by atoms with Crippen LogP contribution in [0.3, 0.4) is 0 Å². The molecule has 396 valence electrons. The van der Waals surface area contributed by atoms with Gasteiger partial charge in [-0.05, 0) is 39.0 Å². The molecule has 69 heavy (non-hydrogen) atoms. The quantitative estimate of drug-likeness (QED) is 0.0395. The smallest absolute Gasteiger partial charge is 0.326 e. The minimum Gasteiger partial charge on any atom is -0.481 e. The summed E-state index contributed by atoms with van der Waals surface area (Å²) in [6.45, 7) is 1.42.